The molecule has 1 aliphatic heterocycles. The lowest BCUT2D eigenvalue weighted by atomic mass is 10.1. The fourth-order valence-electron chi connectivity index (χ4n) is 2.44. The van der Waals surface area contributed by atoms with Crippen molar-refractivity contribution in [1.82, 2.24) is 20.4 Å². The van der Waals surface area contributed by atoms with Crippen molar-refractivity contribution in [2.75, 3.05) is 26.2 Å². The standard InChI is InChI=1S/C15H17N5O/c1-11(20-8-6-17-7-9-20)14-18-15(21-19-14)13-4-2-12(10-16)3-5-13/h2-5,11,17H,6-9H2,1H3. The van der Waals surface area contributed by atoms with E-state index in [4.69, 9.17) is 9.78 Å². The zero-order valence-corrected chi connectivity index (χ0v) is 11.9. The van der Waals surface area contributed by atoms with Crippen LogP contribution in [0.25, 0.3) is 11.5 Å². The van der Waals surface area contributed by atoms with Crippen LogP contribution in [0.4, 0.5) is 0 Å². The van der Waals surface area contributed by atoms with E-state index in [0.29, 0.717) is 17.3 Å². The maximum atomic E-state index is 8.81. The van der Waals surface area contributed by atoms with Crippen molar-refractivity contribution in [2.45, 2.75) is 13.0 Å². The molecule has 108 valence electrons. The van der Waals surface area contributed by atoms with E-state index in [-0.39, 0.29) is 6.04 Å². The van der Waals surface area contributed by atoms with Crippen molar-refractivity contribution < 1.29 is 4.52 Å². The fourth-order valence-corrected chi connectivity index (χ4v) is 2.44. The quantitative estimate of drug-likeness (QED) is 0.921. The van der Waals surface area contributed by atoms with Gasteiger partial charge in [-0.05, 0) is 31.2 Å². The highest BCUT2D eigenvalue weighted by Crippen LogP contribution is 2.22. The first-order chi connectivity index (χ1) is 10.3. The zero-order valence-electron chi connectivity index (χ0n) is 11.9. The van der Waals surface area contributed by atoms with Gasteiger partial charge in [0.1, 0.15) is 0 Å². The number of hydrogen-bond donors (Lipinski definition) is 1. The molecule has 0 saturated carbocycles. The molecule has 1 aromatic carbocycles. The van der Waals surface area contributed by atoms with Gasteiger partial charge in [-0.2, -0.15) is 10.2 Å². The largest absolute Gasteiger partial charge is 0.334 e. The third kappa shape index (κ3) is 2.94. The molecule has 0 radical (unpaired) electrons. The molecule has 2 heterocycles. The van der Waals surface area contributed by atoms with Crippen molar-refractivity contribution in [2.24, 2.45) is 0 Å². The van der Waals surface area contributed by atoms with Gasteiger partial charge in [-0.3, -0.25) is 4.90 Å². The summed E-state index contributed by atoms with van der Waals surface area (Å²) in [6.45, 7) is 6.05. The number of nitrogens with one attached hydrogen (secondary N) is 1. The van der Waals surface area contributed by atoms with Crippen LogP contribution in [0.3, 0.4) is 0 Å². The average molecular weight is 283 g/mol. The number of rotatable bonds is 3. The van der Waals surface area contributed by atoms with Gasteiger partial charge in [0, 0.05) is 31.7 Å². The van der Waals surface area contributed by atoms with Gasteiger partial charge < -0.3 is 9.84 Å². The Bertz CT molecular complexity index is 637. The fraction of sp³-hybridized carbons (Fsp3) is 0.400. The van der Waals surface area contributed by atoms with Crippen LogP contribution in [0, 0.1) is 11.3 Å². The molecule has 3 rings (SSSR count). The first-order valence-corrected chi connectivity index (χ1v) is 7.07. The smallest absolute Gasteiger partial charge is 0.257 e. The predicted molar refractivity (Wildman–Crippen MR) is 77.3 cm³/mol. The predicted octanol–water partition coefficient (Wildman–Crippen LogP) is 1.57. The Morgan fingerprint density at radius 2 is 2.00 bits per heavy atom. The monoisotopic (exact) mass is 283 g/mol. The lowest BCUT2D eigenvalue weighted by Gasteiger charge is -2.30. The highest BCUT2D eigenvalue weighted by molar-refractivity contribution is 5.54. The lowest BCUT2D eigenvalue weighted by Crippen LogP contribution is -2.44. The minimum atomic E-state index is 0.142. The van der Waals surface area contributed by atoms with Gasteiger partial charge in [-0.1, -0.05) is 5.16 Å². The second-order valence-electron chi connectivity index (χ2n) is 5.11. The maximum Gasteiger partial charge on any atom is 0.257 e. The van der Waals surface area contributed by atoms with Crippen LogP contribution in [0.15, 0.2) is 28.8 Å². The molecule has 1 aliphatic rings. The number of nitriles is 1. The molecule has 2 aromatic rings. The Balaban J connectivity index is 1.77. The third-order valence-corrected chi connectivity index (χ3v) is 3.78. The summed E-state index contributed by atoms with van der Waals surface area (Å²) in [5, 5.41) is 16.2. The zero-order chi connectivity index (χ0) is 14.7. The van der Waals surface area contributed by atoms with Crippen LogP contribution in [0.1, 0.15) is 24.4 Å². The van der Waals surface area contributed by atoms with Crippen LogP contribution in [0.2, 0.25) is 0 Å². The molecule has 0 amide bonds. The maximum absolute atomic E-state index is 8.81. The van der Waals surface area contributed by atoms with Crippen molar-refractivity contribution in [1.29, 1.82) is 5.26 Å². The molecular formula is C15H17N5O. The van der Waals surface area contributed by atoms with Gasteiger partial charge in [-0.15, -0.1) is 0 Å². The van der Waals surface area contributed by atoms with Gasteiger partial charge in [0.05, 0.1) is 17.7 Å². The van der Waals surface area contributed by atoms with Crippen molar-refractivity contribution in [3.63, 3.8) is 0 Å². The van der Waals surface area contributed by atoms with Gasteiger partial charge >= 0.3 is 0 Å². The van der Waals surface area contributed by atoms with E-state index in [1.165, 1.54) is 0 Å². The van der Waals surface area contributed by atoms with Crippen LogP contribution >= 0.6 is 0 Å². The molecule has 0 spiro atoms. The second-order valence-corrected chi connectivity index (χ2v) is 5.11. The van der Waals surface area contributed by atoms with Gasteiger partial charge in [0.15, 0.2) is 5.82 Å². The number of aromatic nitrogens is 2. The molecule has 6 heteroatoms. The number of piperazine rings is 1. The molecule has 1 atom stereocenters. The van der Waals surface area contributed by atoms with E-state index in [0.717, 1.165) is 31.7 Å². The van der Waals surface area contributed by atoms with Gasteiger partial charge in [0.2, 0.25) is 0 Å². The van der Waals surface area contributed by atoms with E-state index in [9.17, 15) is 0 Å². The lowest BCUT2D eigenvalue weighted by molar-refractivity contribution is 0.176. The summed E-state index contributed by atoms with van der Waals surface area (Å²) < 4.78 is 5.35. The highest BCUT2D eigenvalue weighted by atomic mass is 16.5. The Morgan fingerprint density at radius 3 is 2.67 bits per heavy atom. The van der Waals surface area contributed by atoms with Crippen LogP contribution < -0.4 is 5.32 Å². The average Bonchev–Trinajstić information content (AvgIpc) is 3.05. The summed E-state index contributed by atoms with van der Waals surface area (Å²) in [4.78, 5) is 6.83. The third-order valence-electron chi connectivity index (χ3n) is 3.78. The van der Waals surface area contributed by atoms with Crippen molar-refractivity contribution in [3.05, 3.63) is 35.7 Å². The number of nitrogens with zero attached hydrogens (tertiary/aromatic N) is 4. The highest BCUT2D eigenvalue weighted by Gasteiger charge is 2.22. The first-order valence-electron chi connectivity index (χ1n) is 7.07. The van der Waals surface area contributed by atoms with Crippen LogP contribution in [-0.2, 0) is 0 Å². The number of hydrogen-bond acceptors (Lipinski definition) is 6. The summed E-state index contributed by atoms with van der Waals surface area (Å²) >= 11 is 0. The Labute approximate surface area is 123 Å². The molecule has 21 heavy (non-hydrogen) atoms. The summed E-state index contributed by atoms with van der Waals surface area (Å²) in [7, 11) is 0. The van der Waals surface area contributed by atoms with Gasteiger partial charge in [0.25, 0.3) is 5.89 Å². The summed E-state index contributed by atoms with van der Waals surface area (Å²) in [5.74, 6) is 1.20. The second kappa shape index (κ2) is 6.04. The minimum absolute atomic E-state index is 0.142. The van der Waals surface area contributed by atoms with E-state index < -0.39 is 0 Å². The van der Waals surface area contributed by atoms with Gasteiger partial charge in [-0.25, -0.2) is 0 Å². The Hall–Kier alpha value is -2.23. The molecule has 1 fully saturated rings. The SMILES string of the molecule is CC(c1noc(-c2ccc(C#N)cc2)n1)N1CCNCC1. The molecule has 6 nitrogen and oxygen atoms in total. The van der Waals surface area contributed by atoms with Crippen molar-refractivity contribution >= 4 is 0 Å². The normalized spacial score (nSPS) is 17.3. The van der Waals surface area contributed by atoms with Crippen LogP contribution in [0.5, 0.6) is 0 Å². The van der Waals surface area contributed by atoms with E-state index in [2.05, 4.69) is 33.4 Å². The Morgan fingerprint density at radius 1 is 1.29 bits per heavy atom. The van der Waals surface area contributed by atoms with Crippen molar-refractivity contribution in [3.8, 4) is 17.5 Å². The molecule has 1 saturated heterocycles. The topological polar surface area (TPSA) is 78.0 Å². The van der Waals surface area contributed by atoms with E-state index in [1.807, 2.05) is 12.1 Å². The Kier molecular flexibility index (Phi) is 3.95. The van der Waals surface area contributed by atoms with E-state index >= 15 is 0 Å². The van der Waals surface area contributed by atoms with E-state index in [1.54, 1.807) is 12.1 Å². The van der Waals surface area contributed by atoms with Crippen LogP contribution in [-0.4, -0.2) is 41.2 Å². The molecule has 1 unspecified atom stereocenters. The summed E-state index contributed by atoms with van der Waals surface area (Å²) in [6, 6.07) is 9.38. The molecular weight excluding hydrogens is 266 g/mol. The molecule has 0 bridgehead atoms. The summed E-state index contributed by atoms with van der Waals surface area (Å²) in [6.07, 6.45) is 0. The molecule has 0 aliphatic carbocycles. The number of benzene rings is 1. The first kappa shape index (κ1) is 13.7. The molecule has 1 aromatic heterocycles. The minimum Gasteiger partial charge on any atom is -0.334 e. The summed E-state index contributed by atoms with van der Waals surface area (Å²) in [5.41, 5.74) is 1.45. The molecule has 1 N–H and O–H groups in total.